The lowest BCUT2D eigenvalue weighted by atomic mass is 10.0. The van der Waals surface area contributed by atoms with E-state index in [0.29, 0.717) is 25.7 Å². The molecule has 0 amide bonds. The summed E-state index contributed by atoms with van der Waals surface area (Å²) in [5.74, 6) is -1.37. The van der Waals surface area contributed by atoms with Crippen LogP contribution in [0.5, 0.6) is 0 Å². The van der Waals surface area contributed by atoms with Gasteiger partial charge in [0.1, 0.15) is 19.3 Å². The summed E-state index contributed by atoms with van der Waals surface area (Å²) in [6.45, 7) is 7.21. The molecule has 0 spiro atoms. The molecule has 0 aromatic rings. The highest BCUT2D eigenvalue weighted by Gasteiger charge is 2.30. The fraction of sp³-hybridized carbons (Fsp3) is 0.890. The van der Waals surface area contributed by atoms with E-state index in [1.165, 1.54) is 167 Å². The van der Waals surface area contributed by atoms with E-state index in [4.69, 9.17) is 37.0 Å². The van der Waals surface area contributed by atoms with E-state index in [0.717, 1.165) is 109 Å². The fourth-order valence-electron chi connectivity index (χ4n) is 10.6. The molecule has 2 unspecified atom stereocenters. The Morgan fingerprint density at radius 3 is 0.891 bits per heavy atom. The van der Waals surface area contributed by atoms with Crippen LogP contribution in [0.25, 0.3) is 0 Å². The Kier molecular flexibility index (Phi) is 64.0. The first kappa shape index (κ1) is 89.5. The summed E-state index contributed by atoms with van der Waals surface area (Å²) in [4.78, 5) is 72.6. The molecule has 0 aromatic heterocycles. The molecule has 0 saturated heterocycles. The van der Waals surface area contributed by atoms with Gasteiger partial charge in [0.25, 0.3) is 0 Å². The Labute approximate surface area is 561 Å². The first-order chi connectivity index (χ1) is 44.5. The van der Waals surface area contributed by atoms with Crippen molar-refractivity contribution in [2.24, 2.45) is 5.92 Å². The third kappa shape index (κ3) is 66.2. The third-order valence-electron chi connectivity index (χ3n) is 16.4. The molecule has 0 aliphatic rings. The van der Waals surface area contributed by atoms with Crippen LogP contribution >= 0.6 is 15.6 Å². The lowest BCUT2D eigenvalue weighted by Crippen LogP contribution is -2.30. The Balaban J connectivity index is 5.28. The molecule has 0 saturated carbocycles. The van der Waals surface area contributed by atoms with Crippen molar-refractivity contribution in [3.8, 4) is 0 Å². The van der Waals surface area contributed by atoms with Gasteiger partial charge in [-0.1, -0.05) is 303 Å². The van der Waals surface area contributed by atoms with Gasteiger partial charge in [-0.2, -0.15) is 0 Å². The van der Waals surface area contributed by atoms with Gasteiger partial charge in [0.2, 0.25) is 0 Å². The van der Waals surface area contributed by atoms with Gasteiger partial charge >= 0.3 is 39.5 Å². The lowest BCUT2D eigenvalue weighted by Gasteiger charge is -2.21. The van der Waals surface area contributed by atoms with Gasteiger partial charge in [0.05, 0.1) is 26.4 Å². The van der Waals surface area contributed by atoms with Crippen LogP contribution < -0.4 is 0 Å². The number of esters is 4. The summed E-state index contributed by atoms with van der Waals surface area (Å²) >= 11 is 0. The first-order valence-corrected chi connectivity index (χ1v) is 40.4. The predicted molar refractivity (Wildman–Crippen MR) is 372 cm³/mol. The summed E-state index contributed by atoms with van der Waals surface area (Å²) in [6, 6.07) is 0. The largest absolute Gasteiger partial charge is 0.472 e. The minimum atomic E-state index is -4.96. The van der Waals surface area contributed by atoms with E-state index in [1.807, 2.05) is 0 Å². The second kappa shape index (κ2) is 65.8. The SMILES string of the molecule is CCCCCC/C=C\C=C/CCCCCCCC(=O)O[C@H](COC(=O)CCCCCCCCCCCCCCC(C)C)COP(=O)(O)OC[C@@H](O)COP(=O)(O)OC[C@@H](COC(=O)CCCCCCCCCCCCC)OC(=O)CCCCCCCCCCCCC. The Morgan fingerprint density at radius 2 is 0.587 bits per heavy atom. The second-order valence-electron chi connectivity index (χ2n) is 26.1. The summed E-state index contributed by atoms with van der Waals surface area (Å²) < 4.78 is 68.3. The van der Waals surface area contributed by atoms with Gasteiger partial charge in [0.15, 0.2) is 12.2 Å². The number of hydrogen-bond acceptors (Lipinski definition) is 15. The van der Waals surface area contributed by atoms with E-state index < -0.39 is 97.5 Å². The summed E-state index contributed by atoms with van der Waals surface area (Å²) in [6.07, 6.45) is 56.1. The number of ether oxygens (including phenoxy) is 4. The normalized spacial score (nSPS) is 14.2. The number of carbonyl (C=O) groups excluding carboxylic acids is 4. The predicted octanol–water partition coefficient (Wildman–Crippen LogP) is 20.9. The van der Waals surface area contributed by atoms with Crippen molar-refractivity contribution in [3.63, 3.8) is 0 Å². The molecule has 0 aliphatic carbocycles. The molecule has 542 valence electrons. The first-order valence-electron chi connectivity index (χ1n) is 37.5. The number of phosphoric acid groups is 2. The maximum Gasteiger partial charge on any atom is 0.472 e. The number of unbranched alkanes of at least 4 members (excludes halogenated alkanes) is 40. The number of rotatable bonds is 71. The zero-order valence-electron chi connectivity index (χ0n) is 59.2. The van der Waals surface area contributed by atoms with Crippen molar-refractivity contribution < 1.29 is 80.2 Å². The minimum absolute atomic E-state index is 0.0853. The van der Waals surface area contributed by atoms with Crippen LogP contribution in [0.15, 0.2) is 24.3 Å². The van der Waals surface area contributed by atoms with Gasteiger partial charge in [-0.3, -0.25) is 37.3 Å². The van der Waals surface area contributed by atoms with Gasteiger partial charge in [-0.05, 0) is 57.3 Å². The number of phosphoric ester groups is 2. The monoisotopic (exact) mass is 1350 g/mol. The molecule has 0 aliphatic heterocycles. The number of hydrogen-bond donors (Lipinski definition) is 3. The van der Waals surface area contributed by atoms with E-state index in [9.17, 15) is 43.2 Å². The van der Waals surface area contributed by atoms with Crippen LogP contribution in [0.3, 0.4) is 0 Å². The molecule has 5 atom stereocenters. The Morgan fingerprint density at radius 1 is 0.337 bits per heavy atom. The summed E-state index contributed by atoms with van der Waals surface area (Å²) in [5, 5.41) is 10.6. The van der Waals surface area contributed by atoms with Crippen molar-refractivity contribution in [2.75, 3.05) is 39.6 Å². The molecule has 17 nitrogen and oxygen atoms in total. The van der Waals surface area contributed by atoms with Crippen LogP contribution in [0.2, 0.25) is 0 Å². The summed E-state index contributed by atoms with van der Waals surface area (Å²) in [7, 11) is -9.92. The van der Waals surface area contributed by atoms with Crippen molar-refractivity contribution in [1.82, 2.24) is 0 Å². The molecule has 0 heterocycles. The maximum atomic E-state index is 13.0. The number of aliphatic hydroxyl groups is 1. The standard InChI is InChI=1S/C73H138O17P2/c1-6-9-12-15-18-21-24-25-26-27-34-39-44-49-54-59-73(78)90-69(63-84-71(76)57-52-47-42-37-33-29-28-32-35-40-45-50-55-66(4)5)65-88-92(81,82)86-61-67(74)60-85-91(79,80)87-64-68(89-72(77)58-53-48-43-38-31-23-20-17-14-11-8-3)62-83-70(75)56-51-46-41-36-30-22-19-16-13-10-7-2/h21,24-26,66-69,74H,6-20,22-23,27-65H2,1-5H3,(H,79,80)(H,81,82)/b24-21-,26-25-/t67-,68+,69+/m0/s1. The van der Waals surface area contributed by atoms with Gasteiger partial charge < -0.3 is 33.8 Å². The van der Waals surface area contributed by atoms with Gasteiger partial charge in [0, 0.05) is 25.7 Å². The molecule has 92 heavy (non-hydrogen) atoms. The molecule has 0 fully saturated rings. The fourth-order valence-corrected chi connectivity index (χ4v) is 12.2. The molecular formula is C73H138O17P2. The van der Waals surface area contributed by atoms with E-state index >= 15 is 0 Å². The van der Waals surface area contributed by atoms with Crippen molar-refractivity contribution in [3.05, 3.63) is 24.3 Å². The highest BCUT2D eigenvalue weighted by atomic mass is 31.2. The molecule has 0 aromatic carbocycles. The van der Waals surface area contributed by atoms with Crippen LogP contribution in [-0.2, 0) is 65.4 Å². The average molecular weight is 1350 g/mol. The van der Waals surface area contributed by atoms with E-state index in [2.05, 4.69) is 58.9 Å². The maximum absolute atomic E-state index is 13.0. The van der Waals surface area contributed by atoms with Crippen molar-refractivity contribution >= 4 is 39.5 Å². The smallest absolute Gasteiger partial charge is 0.462 e. The highest BCUT2D eigenvalue weighted by Crippen LogP contribution is 2.45. The van der Waals surface area contributed by atoms with Crippen LogP contribution in [0, 0.1) is 5.92 Å². The molecular weight excluding hydrogens is 1210 g/mol. The lowest BCUT2D eigenvalue weighted by molar-refractivity contribution is -0.161. The van der Waals surface area contributed by atoms with Gasteiger partial charge in [-0.15, -0.1) is 0 Å². The van der Waals surface area contributed by atoms with Crippen LogP contribution in [0.1, 0.15) is 356 Å². The van der Waals surface area contributed by atoms with E-state index in [1.54, 1.807) is 0 Å². The molecule has 19 heteroatoms. The van der Waals surface area contributed by atoms with E-state index in [-0.39, 0.29) is 25.7 Å². The number of carbonyl (C=O) groups is 4. The zero-order chi connectivity index (χ0) is 67.7. The number of allylic oxidation sites excluding steroid dienone is 4. The quantitative estimate of drug-likeness (QED) is 0.0169. The number of aliphatic hydroxyl groups excluding tert-OH is 1. The Bertz CT molecular complexity index is 1860. The average Bonchev–Trinajstić information content (AvgIpc) is 2.77. The second-order valence-corrected chi connectivity index (χ2v) is 29.0. The minimum Gasteiger partial charge on any atom is -0.462 e. The van der Waals surface area contributed by atoms with Crippen LogP contribution in [-0.4, -0.2) is 96.7 Å². The molecule has 3 N–H and O–H groups in total. The molecule has 0 bridgehead atoms. The molecule has 0 rings (SSSR count). The molecule has 0 radical (unpaired) electrons. The Hall–Kier alpha value is -2.46. The third-order valence-corrected chi connectivity index (χ3v) is 18.3. The van der Waals surface area contributed by atoms with Crippen LogP contribution in [0.4, 0.5) is 0 Å². The van der Waals surface area contributed by atoms with Crippen molar-refractivity contribution in [1.29, 1.82) is 0 Å². The van der Waals surface area contributed by atoms with Crippen molar-refractivity contribution in [2.45, 2.75) is 374 Å². The topological polar surface area (TPSA) is 237 Å². The van der Waals surface area contributed by atoms with Gasteiger partial charge in [-0.25, -0.2) is 9.13 Å². The summed E-state index contributed by atoms with van der Waals surface area (Å²) in [5.41, 5.74) is 0. The zero-order valence-corrected chi connectivity index (χ0v) is 61.0. The highest BCUT2D eigenvalue weighted by molar-refractivity contribution is 7.47.